The van der Waals surface area contributed by atoms with E-state index in [1.165, 1.54) is 7.11 Å². The first-order valence-electron chi connectivity index (χ1n) is 5.65. The SMILES string of the molecule is COc1c(C(=O)CN)cc(C(C)C)c(OC)c1Br. The topological polar surface area (TPSA) is 61.5 Å². The van der Waals surface area contributed by atoms with Crippen molar-refractivity contribution in [3.63, 3.8) is 0 Å². The van der Waals surface area contributed by atoms with Gasteiger partial charge in [-0.1, -0.05) is 13.8 Å². The maximum Gasteiger partial charge on any atom is 0.180 e. The van der Waals surface area contributed by atoms with E-state index in [4.69, 9.17) is 15.2 Å². The number of hydrogen-bond donors (Lipinski definition) is 1. The van der Waals surface area contributed by atoms with Gasteiger partial charge >= 0.3 is 0 Å². The Labute approximate surface area is 116 Å². The van der Waals surface area contributed by atoms with Crippen molar-refractivity contribution >= 4 is 21.7 Å². The first kappa shape index (κ1) is 15.0. The minimum atomic E-state index is -0.155. The summed E-state index contributed by atoms with van der Waals surface area (Å²) in [6, 6.07) is 1.79. The average molecular weight is 316 g/mol. The number of halogens is 1. The van der Waals surface area contributed by atoms with Gasteiger partial charge in [0.25, 0.3) is 0 Å². The fourth-order valence-electron chi connectivity index (χ4n) is 1.79. The molecule has 0 heterocycles. The lowest BCUT2D eigenvalue weighted by atomic mass is 9.97. The predicted octanol–water partition coefficient (Wildman–Crippen LogP) is 2.73. The number of Topliss-reactive ketones (excluding diaryl/α,β-unsaturated/α-hetero) is 1. The maximum atomic E-state index is 11.9. The van der Waals surface area contributed by atoms with Gasteiger partial charge in [-0.15, -0.1) is 0 Å². The molecule has 0 bridgehead atoms. The predicted molar refractivity (Wildman–Crippen MR) is 74.7 cm³/mol. The summed E-state index contributed by atoms with van der Waals surface area (Å²) < 4.78 is 11.3. The summed E-state index contributed by atoms with van der Waals surface area (Å²) in [7, 11) is 3.11. The second-order valence-electron chi connectivity index (χ2n) is 4.18. The van der Waals surface area contributed by atoms with Crippen molar-refractivity contribution in [1.82, 2.24) is 0 Å². The number of ether oxygens (including phenoxy) is 2. The molecule has 0 saturated carbocycles. The first-order chi connectivity index (χ1) is 8.47. The van der Waals surface area contributed by atoms with Crippen molar-refractivity contribution in [2.24, 2.45) is 5.73 Å². The summed E-state index contributed by atoms with van der Waals surface area (Å²) in [4.78, 5) is 11.9. The van der Waals surface area contributed by atoms with Crippen LogP contribution < -0.4 is 15.2 Å². The number of benzene rings is 1. The Morgan fingerprint density at radius 1 is 1.33 bits per heavy atom. The van der Waals surface area contributed by atoms with Crippen LogP contribution in [0.2, 0.25) is 0 Å². The Bertz CT molecular complexity index is 458. The zero-order chi connectivity index (χ0) is 13.9. The molecule has 0 unspecified atom stereocenters. The van der Waals surface area contributed by atoms with Gasteiger partial charge in [0, 0.05) is 0 Å². The van der Waals surface area contributed by atoms with Crippen LogP contribution >= 0.6 is 15.9 Å². The Hall–Kier alpha value is -1.07. The van der Waals surface area contributed by atoms with Gasteiger partial charge in [0.15, 0.2) is 5.78 Å². The number of carbonyl (C=O) groups excluding carboxylic acids is 1. The van der Waals surface area contributed by atoms with E-state index in [1.54, 1.807) is 13.2 Å². The fourth-order valence-corrected chi connectivity index (χ4v) is 2.55. The van der Waals surface area contributed by atoms with Crippen LogP contribution in [0.3, 0.4) is 0 Å². The van der Waals surface area contributed by atoms with E-state index in [2.05, 4.69) is 15.9 Å². The number of carbonyl (C=O) groups is 1. The van der Waals surface area contributed by atoms with Crippen molar-refractivity contribution in [1.29, 1.82) is 0 Å². The third kappa shape index (κ3) is 2.67. The van der Waals surface area contributed by atoms with Crippen LogP contribution in [0, 0.1) is 0 Å². The van der Waals surface area contributed by atoms with Gasteiger partial charge < -0.3 is 15.2 Å². The Kier molecular flexibility index (Phi) is 5.16. The molecule has 4 nitrogen and oxygen atoms in total. The molecule has 0 spiro atoms. The Morgan fingerprint density at radius 3 is 2.28 bits per heavy atom. The van der Waals surface area contributed by atoms with Crippen LogP contribution in [-0.2, 0) is 0 Å². The molecule has 5 heteroatoms. The van der Waals surface area contributed by atoms with Gasteiger partial charge in [0.1, 0.15) is 16.0 Å². The molecular weight excluding hydrogens is 298 g/mol. The van der Waals surface area contributed by atoms with Crippen molar-refractivity contribution in [2.75, 3.05) is 20.8 Å². The minimum absolute atomic E-state index is 0.0489. The molecule has 0 aliphatic carbocycles. The smallest absolute Gasteiger partial charge is 0.180 e. The summed E-state index contributed by atoms with van der Waals surface area (Å²) in [6.45, 7) is 4.02. The second kappa shape index (κ2) is 6.20. The molecule has 0 fully saturated rings. The number of hydrogen-bond acceptors (Lipinski definition) is 4. The van der Waals surface area contributed by atoms with Crippen LogP contribution in [0.4, 0.5) is 0 Å². The van der Waals surface area contributed by atoms with Crippen molar-refractivity contribution < 1.29 is 14.3 Å². The quantitative estimate of drug-likeness (QED) is 0.849. The molecule has 0 amide bonds. The van der Waals surface area contributed by atoms with Crippen LogP contribution in [-0.4, -0.2) is 26.5 Å². The normalized spacial score (nSPS) is 10.6. The number of ketones is 1. The van der Waals surface area contributed by atoms with E-state index in [0.29, 0.717) is 21.5 Å². The van der Waals surface area contributed by atoms with Crippen molar-refractivity contribution in [2.45, 2.75) is 19.8 Å². The van der Waals surface area contributed by atoms with E-state index >= 15 is 0 Å². The molecular formula is C13H18BrNO3. The zero-order valence-electron chi connectivity index (χ0n) is 11.0. The lowest BCUT2D eigenvalue weighted by Gasteiger charge is -2.18. The van der Waals surface area contributed by atoms with Crippen molar-refractivity contribution in [3.8, 4) is 11.5 Å². The highest BCUT2D eigenvalue weighted by atomic mass is 79.9. The van der Waals surface area contributed by atoms with Gasteiger partial charge in [-0.25, -0.2) is 0 Å². The summed E-state index contributed by atoms with van der Waals surface area (Å²) in [5, 5.41) is 0. The molecule has 0 radical (unpaired) electrons. The van der Waals surface area contributed by atoms with Crippen LogP contribution in [0.25, 0.3) is 0 Å². The molecule has 0 aliphatic heterocycles. The van der Waals surface area contributed by atoms with Crippen LogP contribution in [0.1, 0.15) is 35.7 Å². The highest BCUT2D eigenvalue weighted by molar-refractivity contribution is 9.10. The molecule has 1 rings (SSSR count). The Morgan fingerprint density at radius 2 is 1.89 bits per heavy atom. The molecule has 0 saturated heterocycles. The van der Waals surface area contributed by atoms with E-state index in [-0.39, 0.29) is 18.2 Å². The standard InChI is InChI=1S/C13H18BrNO3/c1-7(2)8-5-9(10(16)6-15)13(18-4)11(14)12(8)17-3/h5,7H,6,15H2,1-4H3. The lowest BCUT2D eigenvalue weighted by Crippen LogP contribution is -2.15. The number of rotatable bonds is 5. The van der Waals surface area contributed by atoms with Gasteiger partial charge in [-0.3, -0.25) is 4.79 Å². The molecule has 0 aromatic heterocycles. The summed E-state index contributed by atoms with van der Waals surface area (Å²) in [6.07, 6.45) is 0. The Balaban J connectivity index is 3.58. The number of methoxy groups -OCH3 is 2. The molecule has 0 aliphatic rings. The summed E-state index contributed by atoms with van der Waals surface area (Å²) in [5.41, 5.74) is 6.85. The lowest BCUT2D eigenvalue weighted by molar-refractivity contribution is 0.0998. The van der Waals surface area contributed by atoms with E-state index in [9.17, 15) is 4.79 Å². The van der Waals surface area contributed by atoms with Gasteiger partial charge in [0.05, 0.1) is 26.3 Å². The maximum absolute atomic E-state index is 11.9. The van der Waals surface area contributed by atoms with Crippen LogP contribution in [0.15, 0.2) is 10.5 Å². The van der Waals surface area contributed by atoms with Gasteiger partial charge in [-0.2, -0.15) is 0 Å². The zero-order valence-corrected chi connectivity index (χ0v) is 12.6. The van der Waals surface area contributed by atoms with E-state index in [0.717, 1.165) is 5.56 Å². The molecule has 100 valence electrons. The monoisotopic (exact) mass is 315 g/mol. The van der Waals surface area contributed by atoms with Crippen molar-refractivity contribution in [3.05, 3.63) is 21.7 Å². The molecule has 2 N–H and O–H groups in total. The first-order valence-corrected chi connectivity index (χ1v) is 6.44. The minimum Gasteiger partial charge on any atom is -0.495 e. The highest BCUT2D eigenvalue weighted by Gasteiger charge is 2.22. The van der Waals surface area contributed by atoms with Gasteiger partial charge in [0.2, 0.25) is 0 Å². The third-order valence-corrected chi connectivity index (χ3v) is 3.44. The average Bonchev–Trinajstić information content (AvgIpc) is 2.36. The van der Waals surface area contributed by atoms with E-state index in [1.807, 2.05) is 13.8 Å². The molecule has 1 aromatic carbocycles. The molecule has 0 atom stereocenters. The third-order valence-electron chi connectivity index (χ3n) is 2.72. The molecule has 1 aromatic rings. The number of nitrogens with two attached hydrogens (primary N) is 1. The largest absolute Gasteiger partial charge is 0.495 e. The highest BCUT2D eigenvalue weighted by Crippen LogP contribution is 2.42. The van der Waals surface area contributed by atoms with E-state index < -0.39 is 0 Å². The van der Waals surface area contributed by atoms with Crippen LogP contribution in [0.5, 0.6) is 11.5 Å². The summed E-state index contributed by atoms with van der Waals surface area (Å²) >= 11 is 3.43. The summed E-state index contributed by atoms with van der Waals surface area (Å²) in [5.74, 6) is 1.23. The second-order valence-corrected chi connectivity index (χ2v) is 4.97. The fraction of sp³-hybridized carbons (Fsp3) is 0.462. The van der Waals surface area contributed by atoms with Gasteiger partial charge in [-0.05, 0) is 33.5 Å². The molecule has 18 heavy (non-hydrogen) atoms.